The molecule has 3 aliphatic rings. The van der Waals surface area contributed by atoms with Gasteiger partial charge in [0.25, 0.3) is 0 Å². The molecule has 0 radical (unpaired) electrons. The maximum atomic E-state index is 14.0. The lowest BCUT2D eigenvalue weighted by Gasteiger charge is -2.32. The number of nitrogens with one attached hydrogen (secondary N) is 6. The van der Waals surface area contributed by atoms with E-state index >= 15 is 0 Å². The van der Waals surface area contributed by atoms with Crippen molar-refractivity contribution in [2.24, 2.45) is 11.7 Å². The van der Waals surface area contributed by atoms with Gasteiger partial charge in [0.05, 0.1) is 32.5 Å². The summed E-state index contributed by atoms with van der Waals surface area (Å²) in [6.07, 6.45) is 1.39. The normalized spacial score (nSPS) is 21.9. The fourth-order valence-electron chi connectivity index (χ4n) is 7.69. The third-order valence-corrected chi connectivity index (χ3v) is 11.1. The Morgan fingerprint density at radius 1 is 0.613 bits per heavy atom. The summed E-state index contributed by atoms with van der Waals surface area (Å²) < 4.78 is 0. The number of nitrogens with two attached hydrogens (primary N) is 1. The molecule has 3 fully saturated rings. The number of amides is 9. The van der Waals surface area contributed by atoms with Gasteiger partial charge in [-0.25, -0.2) is 4.79 Å². The molecule has 2 heterocycles. The number of likely N-dealkylation sites (tertiary alicyclic amines) is 2. The molecule has 6 unspecified atom stereocenters. The van der Waals surface area contributed by atoms with E-state index in [2.05, 4.69) is 31.9 Å². The number of rotatable bonds is 22. The summed E-state index contributed by atoms with van der Waals surface area (Å²) in [6, 6.07) is -12.2. The minimum absolute atomic E-state index is 0.0431. The average Bonchev–Trinajstić information content (AvgIpc) is 3.91. The lowest BCUT2D eigenvalue weighted by Crippen LogP contribution is -2.62. The number of aliphatic carboxylic acids is 1. The van der Waals surface area contributed by atoms with Crippen molar-refractivity contribution < 1.29 is 78.6 Å². The van der Waals surface area contributed by atoms with Crippen molar-refractivity contribution >= 4 is 59.1 Å². The van der Waals surface area contributed by atoms with Gasteiger partial charge in [-0.3, -0.25) is 43.2 Å². The van der Waals surface area contributed by atoms with Gasteiger partial charge in [-0.2, -0.15) is 0 Å². The van der Waals surface area contributed by atoms with Crippen molar-refractivity contribution in [1.29, 1.82) is 0 Å². The second kappa shape index (κ2) is 24.2. The van der Waals surface area contributed by atoms with Crippen molar-refractivity contribution in [1.82, 2.24) is 41.7 Å². The number of carbonyl (C=O) groups excluding carboxylic acids is 9. The third kappa shape index (κ3) is 14.0. The van der Waals surface area contributed by atoms with E-state index in [-0.39, 0.29) is 25.9 Å². The van der Waals surface area contributed by atoms with Gasteiger partial charge in [-0.15, -0.1) is 0 Å². The van der Waals surface area contributed by atoms with Crippen LogP contribution in [0.25, 0.3) is 0 Å². The molecule has 14 N–H and O–H groups in total. The SMILES string of the molecule is CC(=O)N1C[C@H](O)C[C@H]1C(=O)NC(CO)C(=O)NC(CO)C(=O)NC(C(=O)NC(CCC(N)=O)C(=O)NC(CO)C(=O)NC(CO)C(=O)N1CCC[C@H]1C(=O)O)C1CCCCC1. The lowest BCUT2D eigenvalue weighted by molar-refractivity contribution is -0.150. The molecule has 9 atom stereocenters. The van der Waals surface area contributed by atoms with Crippen LogP contribution >= 0.6 is 0 Å². The summed E-state index contributed by atoms with van der Waals surface area (Å²) in [4.78, 5) is 131. The zero-order valence-electron chi connectivity index (χ0n) is 34.3. The summed E-state index contributed by atoms with van der Waals surface area (Å²) >= 11 is 0. The first kappa shape index (κ1) is 50.9. The molecule has 62 heavy (non-hydrogen) atoms. The Hall–Kier alpha value is -5.50. The van der Waals surface area contributed by atoms with E-state index in [4.69, 9.17) is 5.73 Å². The quantitative estimate of drug-likeness (QED) is 0.0480. The van der Waals surface area contributed by atoms with Crippen LogP contribution in [0.4, 0.5) is 0 Å². The summed E-state index contributed by atoms with van der Waals surface area (Å²) in [5, 5.41) is 73.1. The fourth-order valence-corrected chi connectivity index (χ4v) is 7.69. The Labute approximate surface area is 355 Å². The van der Waals surface area contributed by atoms with E-state index in [1.54, 1.807) is 0 Å². The van der Waals surface area contributed by atoms with Crippen LogP contribution in [0.2, 0.25) is 0 Å². The molecule has 2 saturated heterocycles. The molecule has 0 spiro atoms. The zero-order valence-corrected chi connectivity index (χ0v) is 34.3. The maximum absolute atomic E-state index is 14.0. The molecular formula is C37H59N9O16. The molecule has 348 valence electrons. The van der Waals surface area contributed by atoms with Gasteiger partial charge in [0.1, 0.15) is 48.3 Å². The highest BCUT2D eigenvalue weighted by molar-refractivity contribution is 5.98. The van der Waals surface area contributed by atoms with Gasteiger partial charge in [0.15, 0.2) is 0 Å². The zero-order chi connectivity index (χ0) is 46.3. The molecule has 0 aromatic rings. The maximum Gasteiger partial charge on any atom is 0.326 e. The Kier molecular flexibility index (Phi) is 19.9. The van der Waals surface area contributed by atoms with E-state index in [1.807, 2.05) is 0 Å². The van der Waals surface area contributed by atoms with E-state index in [0.717, 1.165) is 16.2 Å². The van der Waals surface area contributed by atoms with Crippen LogP contribution in [0.3, 0.4) is 0 Å². The highest BCUT2D eigenvalue weighted by atomic mass is 16.4. The van der Waals surface area contributed by atoms with Crippen molar-refractivity contribution in [2.45, 2.75) is 126 Å². The van der Waals surface area contributed by atoms with Crippen LogP contribution in [-0.2, 0) is 47.9 Å². The van der Waals surface area contributed by atoms with Crippen molar-refractivity contribution in [3.63, 3.8) is 0 Å². The molecule has 1 aliphatic carbocycles. The Balaban J connectivity index is 1.74. The van der Waals surface area contributed by atoms with Crippen LogP contribution in [0.5, 0.6) is 0 Å². The minimum Gasteiger partial charge on any atom is -0.480 e. The largest absolute Gasteiger partial charge is 0.480 e. The van der Waals surface area contributed by atoms with Gasteiger partial charge < -0.3 is 78.1 Å². The van der Waals surface area contributed by atoms with Gasteiger partial charge in [-0.1, -0.05) is 19.3 Å². The van der Waals surface area contributed by atoms with Crippen LogP contribution in [-0.4, -0.2) is 194 Å². The number of β-amino-alcohol motifs (C(OH)–C–C–N with tert-alkyl or cyclic N) is 1. The smallest absolute Gasteiger partial charge is 0.326 e. The number of hydrogen-bond acceptors (Lipinski definition) is 15. The van der Waals surface area contributed by atoms with E-state index in [1.165, 1.54) is 6.92 Å². The van der Waals surface area contributed by atoms with Gasteiger partial charge >= 0.3 is 5.97 Å². The number of carbonyl (C=O) groups is 10. The number of aliphatic hydroxyl groups is 5. The Morgan fingerprint density at radius 2 is 1.11 bits per heavy atom. The van der Waals surface area contributed by atoms with Crippen LogP contribution in [0.1, 0.15) is 71.1 Å². The van der Waals surface area contributed by atoms with Crippen molar-refractivity contribution in [3.8, 4) is 0 Å². The first-order chi connectivity index (χ1) is 29.4. The predicted octanol–water partition coefficient (Wildman–Crippen LogP) is -7.23. The molecule has 0 bridgehead atoms. The van der Waals surface area contributed by atoms with Crippen LogP contribution in [0, 0.1) is 5.92 Å². The first-order valence-electron chi connectivity index (χ1n) is 20.4. The number of carboxylic acids is 1. The number of hydrogen-bond donors (Lipinski definition) is 13. The second-order valence-corrected chi connectivity index (χ2v) is 15.5. The van der Waals surface area contributed by atoms with Crippen LogP contribution < -0.4 is 37.6 Å². The Morgan fingerprint density at radius 3 is 1.63 bits per heavy atom. The van der Waals surface area contributed by atoms with Crippen molar-refractivity contribution in [3.05, 3.63) is 0 Å². The van der Waals surface area contributed by atoms with E-state index < -0.39 is 159 Å². The molecule has 2 aliphatic heterocycles. The molecule has 0 aromatic carbocycles. The molecule has 0 aromatic heterocycles. The number of nitrogens with zero attached hydrogens (tertiary/aromatic N) is 2. The summed E-state index contributed by atoms with van der Waals surface area (Å²) in [5.41, 5.74) is 5.31. The molecule has 9 amide bonds. The second-order valence-electron chi connectivity index (χ2n) is 15.5. The number of primary amides is 1. The van der Waals surface area contributed by atoms with Crippen LogP contribution in [0.15, 0.2) is 0 Å². The summed E-state index contributed by atoms with van der Waals surface area (Å²) in [5.74, 6) is -10.5. The molecule has 1 saturated carbocycles. The van der Waals surface area contributed by atoms with Crippen molar-refractivity contribution in [2.75, 3.05) is 39.5 Å². The molecule has 25 nitrogen and oxygen atoms in total. The van der Waals surface area contributed by atoms with E-state index in [9.17, 15) is 78.6 Å². The fraction of sp³-hybridized carbons (Fsp3) is 0.730. The molecular weight excluding hydrogens is 826 g/mol. The Bertz CT molecular complexity index is 1660. The summed E-state index contributed by atoms with van der Waals surface area (Å²) in [7, 11) is 0. The minimum atomic E-state index is -1.79. The molecule has 25 heteroatoms. The standard InChI is InChI=1S/C37H59N9O16/c1-18(51)46-13-20(52)12-27(46)34(58)42-23(15-48)31(55)41-24(16-49)33(57)44-29(19-6-3-2-4-7-19)35(59)39-21(9-10-28(38)53)30(54)40-22(14-47)32(56)43-25(17-50)36(60)45-11-5-8-26(45)37(61)62/h19-27,29,47-50,52H,2-17H2,1H3,(H2,38,53)(H,39,59)(H,40,54)(H,41,55)(H,42,58)(H,43,56)(H,44,57)(H,61,62)/t20-,21?,22?,23?,24?,25?,26+,27+,29?/m1/s1. The van der Waals surface area contributed by atoms with Gasteiger partial charge in [0.2, 0.25) is 53.2 Å². The monoisotopic (exact) mass is 885 g/mol. The lowest BCUT2D eigenvalue weighted by atomic mass is 9.83. The third-order valence-electron chi connectivity index (χ3n) is 11.1. The van der Waals surface area contributed by atoms with Gasteiger partial charge in [-0.05, 0) is 38.0 Å². The molecule has 3 rings (SSSR count). The topological polar surface area (TPSA) is 397 Å². The highest BCUT2D eigenvalue weighted by Gasteiger charge is 2.41. The van der Waals surface area contributed by atoms with Gasteiger partial charge in [0, 0.05) is 32.9 Å². The number of carboxylic acid groups (broad SMARTS) is 1. The summed E-state index contributed by atoms with van der Waals surface area (Å²) in [6.45, 7) is -2.92. The van der Waals surface area contributed by atoms with E-state index in [0.29, 0.717) is 32.1 Å². The predicted molar refractivity (Wildman–Crippen MR) is 209 cm³/mol. The number of aliphatic hydroxyl groups excluding tert-OH is 5. The average molecular weight is 886 g/mol. The highest BCUT2D eigenvalue weighted by Crippen LogP contribution is 2.27. The first-order valence-corrected chi connectivity index (χ1v) is 20.4.